The number of nitrogens with zero attached hydrogens (tertiary/aromatic N) is 1. The maximum Gasteiger partial charge on any atom is 0.293 e. The zero-order valence-corrected chi connectivity index (χ0v) is 19.9. The first-order chi connectivity index (χ1) is 16.9. The van der Waals surface area contributed by atoms with Gasteiger partial charge in [0.15, 0.2) is 16.5 Å². The second-order valence-electron chi connectivity index (χ2n) is 7.80. The average Bonchev–Trinajstić information content (AvgIpc) is 3.48. The van der Waals surface area contributed by atoms with E-state index in [0.717, 1.165) is 11.1 Å². The Morgan fingerprint density at radius 3 is 2.60 bits per heavy atom. The van der Waals surface area contributed by atoms with Crippen molar-refractivity contribution in [3.05, 3.63) is 89.1 Å². The Bertz CT molecular complexity index is 1570. The molecule has 0 saturated carbocycles. The first-order valence-corrected chi connectivity index (χ1v) is 11.3. The molecule has 0 unspecified atom stereocenters. The largest absolute Gasteiger partial charge is 0.507 e. The summed E-state index contributed by atoms with van der Waals surface area (Å²) in [6.45, 7) is 1.96. The fraction of sp³-hybridized carbons (Fsp3) is 0.0385. The van der Waals surface area contributed by atoms with Crippen LogP contribution in [-0.4, -0.2) is 21.1 Å². The van der Waals surface area contributed by atoms with Crippen LogP contribution in [0.3, 0.4) is 0 Å². The lowest BCUT2D eigenvalue weighted by molar-refractivity contribution is 0.0951. The SMILES string of the molecule is Cc1ccc2nc(-c3cc(NC(=S)NC(=O)c4ccc(-c5ccc(Cl)cc5)o4)ccc3O)oc2c1. The number of hydrogen-bond donors (Lipinski definition) is 3. The average molecular weight is 504 g/mol. The Morgan fingerprint density at radius 2 is 1.80 bits per heavy atom. The summed E-state index contributed by atoms with van der Waals surface area (Å²) < 4.78 is 11.5. The number of halogens is 1. The van der Waals surface area contributed by atoms with E-state index in [2.05, 4.69) is 15.6 Å². The van der Waals surface area contributed by atoms with Gasteiger partial charge in [0.2, 0.25) is 5.89 Å². The molecule has 0 radical (unpaired) electrons. The molecule has 3 aromatic carbocycles. The molecule has 9 heteroatoms. The number of phenols is 1. The van der Waals surface area contributed by atoms with Crippen molar-refractivity contribution in [2.24, 2.45) is 0 Å². The highest BCUT2D eigenvalue weighted by Gasteiger charge is 2.16. The van der Waals surface area contributed by atoms with Crippen molar-refractivity contribution < 1.29 is 18.7 Å². The number of thiocarbonyl (C=S) groups is 1. The molecular weight excluding hydrogens is 486 g/mol. The monoisotopic (exact) mass is 503 g/mol. The predicted octanol–water partition coefficient (Wildman–Crippen LogP) is 6.55. The van der Waals surface area contributed by atoms with Crippen molar-refractivity contribution in [3.63, 3.8) is 0 Å². The Balaban J connectivity index is 1.29. The van der Waals surface area contributed by atoms with Gasteiger partial charge in [0.05, 0.1) is 5.56 Å². The molecule has 0 atom stereocenters. The van der Waals surface area contributed by atoms with Crippen LogP contribution in [0.1, 0.15) is 16.1 Å². The van der Waals surface area contributed by atoms with E-state index in [1.54, 1.807) is 48.5 Å². The molecule has 2 aromatic heterocycles. The summed E-state index contributed by atoms with van der Waals surface area (Å²) in [5.74, 6) is 0.400. The third kappa shape index (κ3) is 4.89. The number of hydrogen-bond acceptors (Lipinski definition) is 6. The highest BCUT2D eigenvalue weighted by molar-refractivity contribution is 7.80. The van der Waals surface area contributed by atoms with Crippen molar-refractivity contribution >= 4 is 51.6 Å². The van der Waals surface area contributed by atoms with Crippen molar-refractivity contribution in [1.29, 1.82) is 0 Å². The van der Waals surface area contributed by atoms with Crippen LogP contribution in [-0.2, 0) is 0 Å². The number of rotatable bonds is 4. The van der Waals surface area contributed by atoms with Crippen LogP contribution in [0.15, 0.2) is 81.6 Å². The van der Waals surface area contributed by atoms with Gasteiger partial charge in [0.25, 0.3) is 5.91 Å². The molecule has 5 rings (SSSR count). The molecule has 0 saturated heterocycles. The quantitative estimate of drug-likeness (QED) is 0.189. The molecule has 2 heterocycles. The van der Waals surface area contributed by atoms with Gasteiger partial charge < -0.3 is 19.3 Å². The predicted molar refractivity (Wildman–Crippen MR) is 139 cm³/mol. The zero-order valence-electron chi connectivity index (χ0n) is 18.3. The molecule has 174 valence electrons. The molecule has 5 aromatic rings. The summed E-state index contributed by atoms with van der Waals surface area (Å²) in [6, 6.07) is 20.8. The highest BCUT2D eigenvalue weighted by atomic mass is 35.5. The number of aromatic hydroxyl groups is 1. The maximum atomic E-state index is 12.6. The van der Waals surface area contributed by atoms with Crippen LogP contribution < -0.4 is 10.6 Å². The fourth-order valence-corrected chi connectivity index (χ4v) is 3.82. The minimum absolute atomic E-state index is 0.000837. The molecule has 1 amide bonds. The van der Waals surface area contributed by atoms with E-state index in [9.17, 15) is 9.90 Å². The number of furan rings is 1. The molecular formula is C26H18ClN3O4S. The number of aryl methyl sites for hydroxylation is 1. The number of phenolic OH excluding ortho intramolecular Hbond substituents is 1. The summed E-state index contributed by atoms with van der Waals surface area (Å²) >= 11 is 11.2. The van der Waals surface area contributed by atoms with Gasteiger partial charge in [-0.15, -0.1) is 0 Å². The summed E-state index contributed by atoms with van der Waals surface area (Å²) in [6.07, 6.45) is 0. The minimum atomic E-state index is -0.504. The number of anilines is 1. The second kappa shape index (κ2) is 9.25. The molecule has 0 bridgehead atoms. The Kier molecular flexibility index (Phi) is 5.98. The Morgan fingerprint density at radius 1 is 1.00 bits per heavy atom. The number of aromatic nitrogens is 1. The lowest BCUT2D eigenvalue weighted by Gasteiger charge is -2.10. The number of oxazole rings is 1. The van der Waals surface area contributed by atoms with E-state index in [-0.39, 0.29) is 22.5 Å². The molecule has 0 aliphatic carbocycles. The van der Waals surface area contributed by atoms with E-state index in [1.165, 1.54) is 6.07 Å². The van der Waals surface area contributed by atoms with Crippen molar-refractivity contribution in [2.45, 2.75) is 6.92 Å². The normalized spacial score (nSPS) is 10.9. The lowest BCUT2D eigenvalue weighted by atomic mass is 10.1. The lowest BCUT2D eigenvalue weighted by Crippen LogP contribution is -2.33. The summed E-state index contributed by atoms with van der Waals surface area (Å²) in [7, 11) is 0. The topological polar surface area (TPSA) is 101 Å². The molecule has 0 fully saturated rings. The zero-order chi connectivity index (χ0) is 24.5. The molecule has 0 aliphatic rings. The molecule has 7 nitrogen and oxygen atoms in total. The number of carbonyl (C=O) groups is 1. The van der Waals surface area contributed by atoms with Gasteiger partial charge >= 0.3 is 0 Å². The van der Waals surface area contributed by atoms with Crippen LogP contribution in [0.5, 0.6) is 5.75 Å². The second-order valence-corrected chi connectivity index (χ2v) is 8.65. The summed E-state index contributed by atoms with van der Waals surface area (Å²) in [4.78, 5) is 17.0. The highest BCUT2D eigenvalue weighted by Crippen LogP contribution is 2.33. The van der Waals surface area contributed by atoms with Crippen molar-refractivity contribution in [2.75, 3.05) is 5.32 Å². The number of amides is 1. The van der Waals surface area contributed by atoms with Gasteiger partial charge in [-0.3, -0.25) is 10.1 Å². The van der Waals surface area contributed by atoms with E-state index in [1.807, 2.05) is 25.1 Å². The third-order valence-electron chi connectivity index (χ3n) is 5.21. The number of nitrogens with one attached hydrogen (secondary N) is 2. The van der Waals surface area contributed by atoms with Crippen LogP contribution >= 0.6 is 23.8 Å². The van der Waals surface area contributed by atoms with Crippen molar-refractivity contribution in [3.8, 4) is 28.5 Å². The number of carbonyl (C=O) groups excluding carboxylic acids is 1. The maximum absolute atomic E-state index is 12.6. The van der Waals surface area contributed by atoms with Crippen LogP contribution in [0, 0.1) is 6.92 Å². The number of benzene rings is 3. The Labute approximate surface area is 210 Å². The first kappa shape index (κ1) is 22.6. The third-order valence-corrected chi connectivity index (χ3v) is 5.67. The fourth-order valence-electron chi connectivity index (χ4n) is 3.49. The van der Waals surface area contributed by atoms with Gasteiger partial charge in [-0.2, -0.15) is 0 Å². The van der Waals surface area contributed by atoms with E-state index < -0.39 is 5.91 Å². The molecule has 0 spiro atoms. The smallest absolute Gasteiger partial charge is 0.293 e. The summed E-state index contributed by atoms with van der Waals surface area (Å²) in [5.41, 5.74) is 4.05. The number of fused-ring (bicyclic) bond motifs is 1. The first-order valence-electron chi connectivity index (χ1n) is 10.5. The standard InChI is InChI=1S/C26H18ClN3O4S/c1-14-2-8-19-23(12-14)34-25(29-19)18-13-17(7-9-20(18)31)28-26(35)30-24(32)22-11-10-21(33-22)15-3-5-16(27)6-4-15/h2-13,31H,1H3,(H2,28,30,32,35). The summed E-state index contributed by atoms with van der Waals surface area (Å²) in [5, 5.41) is 16.5. The molecule has 35 heavy (non-hydrogen) atoms. The van der Waals surface area contributed by atoms with E-state index in [0.29, 0.717) is 33.1 Å². The van der Waals surface area contributed by atoms with Gasteiger partial charge in [-0.05, 0) is 91.4 Å². The van der Waals surface area contributed by atoms with E-state index in [4.69, 9.17) is 32.7 Å². The Hall–Kier alpha value is -4.14. The van der Waals surface area contributed by atoms with Crippen LogP contribution in [0.2, 0.25) is 5.02 Å². The van der Waals surface area contributed by atoms with Gasteiger partial charge in [-0.1, -0.05) is 17.7 Å². The van der Waals surface area contributed by atoms with Crippen LogP contribution in [0.25, 0.3) is 33.9 Å². The van der Waals surface area contributed by atoms with Gasteiger partial charge in [-0.25, -0.2) is 4.98 Å². The molecule has 0 aliphatic heterocycles. The van der Waals surface area contributed by atoms with Crippen LogP contribution in [0.4, 0.5) is 5.69 Å². The van der Waals surface area contributed by atoms with Crippen molar-refractivity contribution in [1.82, 2.24) is 10.3 Å². The van der Waals surface area contributed by atoms with Gasteiger partial charge in [0, 0.05) is 16.3 Å². The van der Waals surface area contributed by atoms with E-state index >= 15 is 0 Å². The minimum Gasteiger partial charge on any atom is -0.507 e. The van der Waals surface area contributed by atoms with Gasteiger partial charge in [0.1, 0.15) is 17.0 Å². The molecule has 3 N–H and O–H groups in total.